The van der Waals surface area contributed by atoms with Gasteiger partial charge < -0.3 is 15.4 Å². The molecule has 0 atom stereocenters. The second kappa shape index (κ2) is 8.58. The molecule has 8 heteroatoms. The molecule has 8 nitrogen and oxygen atoms in total. The Morgan fingerprint density at radius 2 is 1.90 bits per heavy atom. The van der Waals surface area contributed by atoms with Crippen molar-refractivity contribution in [1.82, 2.24) is 19.9 Å². The van der Waals surface area contributed by atoms with Gasteiger partial charge >= 0.3 is 0 Å². The van der Waals surface area contributed by atoms with Gasteiger partial charge in [0, 0.05) is 16.8 Å². The van der Waals surface area contributed by atoms with Gasteiger partial charge in [0.15, 0.2) is 0 Å². The summed E-state index contributed by atoms with van der Waals surface area (Å²) in [6.07, 6.45) is 5.93. The number of ether oxygens (including phenoxy) is 1. The average Bonchev–Trinajstić information content (AvgIpc) is 2.77. The molecule has 1 amide bonds. The first-order valence-corrected chi connectivity index (χ1v) is 9.54. The van der Waals surface area contributed by atoms with Gasteiger partial charge in [-0.25, -0.2) is 15.0 Å². The molecule has 0 bridgehead atoms. The van der Waals surface area contributed by atoms with Gasteiger partial charge in [-0.3, -0.25) is 9.78 Å². The van der Waals surface area contributed by atoms with Gasteiger partial charge in [0.05, 0.1) is 17.9 Å². The highest BCUT2D eigenvalue weighted by Crippen LogP contribution is 2.30. The van der Waals surface area contributed by atoms with Crippen molar-refractivity contribution in [1.29, 1.82) is 0 Å². The van der Waals surface area contributed by atoms with Gasteiger partial charge in [0.1, 0.15) is 29.5 Å². The lowest BCUT2D eigenvalue weighted by atomic mass is 10.2. The predicted octanol–water partition coefficient (Wildman–Crippen LogP) is 4.70. The molecule has 154 valence electrons. The monoisotopic (exact) mass is 412 g/mol. The van der Waals surface area contributed by atoms with Crippen LogP contribution in [0.2, 0.25) is 0 Å². The number of nitrogens with one attached hydrogen (secondary N) is 2. The van der Waals surface area contributed by atoms with Crippen LogP contribution in [0.5, 0.6) is 11.5 Å². The Morgan fingerprint density at radius 1 is 1.03 bits per heavy atom. The molecule has 0 aliphatic carbocycles. The van der Waals surface area contributed by atoms with Crippen molar-refractivity contribution >= 4 is 34.1 Å². The smallest absolute Gasteiger partial charge is 0.248 e. The third-order valence-electron chi connectivity index (χ3n) is 4.51. The first kappa shape index (κ1) is 20.0. The Labute approximate surface area is 179 Å². The van der Waals surface area contributed by atoms with Gasteiger partial charge in [0.25, 0.3) is 0 Å². The molecule has 1 aromatic carbocycles. The Bertz CT molecular complexity index is 1270. The maximum Gasteiger partial charge on any atom is 0.248 e. The molecule has 3 heterocycles. The van der Waals surface area contributed by atoms with Crippen LogP contribution in [0.1, 0.15) is 11.3 Å². The number of nitrogens with zero attached hydrogens (tertiary/aromatic N) is 4. The summed E-state index contributed by atoms with van der Waals surface area (Å²) in [6, 6.07) is 11.3. The lowest BCUT2D eigenvalue weighted by molar-refractivity contribution is -0.111. The van der Waals surface area contributed by atoms with E-state index in [4.69, 9.17) is 4.74 Å². The molecule has 0 unspecified atom stereocenters. The summed E-state index contributed by atoms with van der Waals surface area (Å²) >= 11 is 0. The highest BCUT2D eigenvalue weighted by molar-refractivity contribution is 6.00. The summed E-state index contributed by atoms with van der Waals surface area (Å²) in [5.41, 5.74) is 3.37. The van der Waals surface area contributed by atoms with Crippen LogP contribution in [-0.4, -0.2) is 25.8 Å². The lowest BCUT2D eigenvalue weighted by Gasteiger charge is -2.13. The van der Waals surface area contributed by atoms with Crippen LogP contribution in [0.25, 0.3) is 10.9 Å². The third-order valence-corrected chi connectivity index (χ3v) is 4.51. The van der Waals surface area contributed by atoms with E-state index in [0.717, 1.165) is 28.1 Å². The van der Waals surface area contributed by atoms with E-state index < -0.39 is 0 Å². The van der Waals surface area contributed by atoms with Gasteiger partial charge in [-0.05, 0) is 61.9 Å². The number of aromatic nitrogens is 4. The Balaban J connectivity index is 1.59. The number of aryl methyl sites for hydroxylation is 2. The molecular formula is C23H20N6O2. The van der Waals surface area contributed by atoms with E-state index in [1.165, 1.54) is 12.4 Å². The van der Waals surface area contributed by atoms with Crippen LogP contribution in [0, 0.1) is 13.8 Å². The minimum Gasteiger partial charge on any atom is -0.455 e. The topological polar surface area (TPSA) is 102 Å². The minimum absolute atomic E-state index is 0.340. The number of rotatable bonds is 6. The molecule has 0 radical (unpaired) electrons. The van der Waals surface area contributed by atoms with Gasteiger partial charge in [-0.15, -0.1) is 0 Å². The molecule has 2 N–H and O–H groups in total. The third kappa shape index (κ3) is 4.64. The van der Waals surface area contributed by atoms with Crippen molar-refractivity contribution < 1.29 is 9.53 Å². The Morgan fingerprint density at radius 3 is 2.65 bits per heavy atom. The highest BCUT2D eigenvalue weighted by atomic mass is 16.5. The molecule has 4 rings (SSSR count). The number of pyridine rings is 2. The van der Waals surface area contributed by atoms with Crippen molar-refractivity contribution in [2.75, 3.05) is 10.6 Å². The van der Waals surface area contributed by atoms with Crippen LogP contribution < -0.4 is 15.4 Å². The zero-order valence-corrected chi connectivity index (χ0v) is 17.1. The zero-order chi connectivity index (χ0) is 21.8. The molecule has 0 spiro atoms. The van der Waals surface area contributed by atoms with Gasteiger partial charge in [-0.2, -0.15) is 0 Å². The summed E-state index contributed by atoms with van der Waals surface area (Å²) in [4.78, 5) is 28.6. The fourth-order valence-electron chi connectivity index (χ4n) is 2.92. The molecule has 31 heavy (non-hydrogen) atoms. The van der Waals surface area contributed by atoms with Crippen LogP contribution in [0.15, 0.2) is 67.8 Å². The summed E-state index contributed by atoms with van der Waals surface area (Å²) < 4.78 is 5.93. The van der Waals surface area contributed by atoms with E-state index in [2.05, 4.69) is 37.1 Å². The van der Waals surface area contributed by atoms with E-state index in [9.17, 15) is 4.79 Å². The SMILES string of the molecule is C=CC(=O)Nc1cc2c(Nc3ccc(Oc4ccc(C)nc4)c(C)c3)ncnc2cn1. The molecule has 4 aromatic rings. The number of benzene rings is 1. The van der Waals surface area contributed by atoms with Gasteiger partial charge in [-0.1, -0.05) is 6.58 Å². The molecule has 0 saturated heterocycles. The molecular weight excluding hydrogens is 392 g/mol. The Kier molecular flexibility index (Phi) is 5.53. The average molecular weight is 412 g/mol. The number of amides is 1. The number of anilines is 3. The zero-order valence-electron chi connectivity index (χ0n) is 17.1. The second-order valence-electron chi connectivity index (χ2n) is 6.84. The standard InChI is InChI=1S/C23H20N6O2/c1-4-22(30)29-21-10-18-19(12-25-21)26-13-27-23(18)28-16-6-8-20(14(2)9-16)31-17-7-5-15(3)24-11-17/h4-13H,1H2,2-3H3,(H,25,29,30)(H,26,27,28). The first-order chi connectivity index (χ1) is 15.0. The summed E-state index contributed by atoms with van der Waals surface area (Å²) in [7, 11) is 0. The van der Waals surface area contributed by atoms with E-state index >= 15 is 0 Å². The van der Waals surface area contributed by atoms with E-state index in [-0.39, 0.29) is 5.91 Å². The molecule has 3 aromatic heterocycles. The van der Waals surface area contributed by atoms with Crippen molar-refractivity contribution in [2.45, 2.75) is 13.8 Å². The van der Waals surface area contributed by atoms with E-state index in [1.807, 2.05) is 44.2 Å². The molecule has 0 saturated carbocycles. The number of fused-ring (bicyclic) bond motifs is 1. The fraction of sp³-hybridized carbons (Fsp3) is 0.0870. The second-order valence-corrected chi connectivity index (χ2v) is 6.84. The highest BCUT2D eigenvalue weighted by Gasteiger charge is 2.09. The maximum absolute atomic E-state index is 11.6. The van der Waals surface area contributed by atoms with Crippen LogP contribution >= 0.6 is 0 Å². The molecule has 0 fully saturated rings. The van der Waals surface area contributed by atoms with Crippen molar-refractivity contribution in [3.8, 4) is 11.5 Å². The van der Waals surface area contributed by atoms with Crippen LogP contribution in [0.4, 0.5) is 17.3 Å². The van der Waals surface area contributed by atoms with Crippen molar-refractivity contribution in [2.24, 2.45) is 0 Å². The summed E-state index contributed by atoms with van der Waals surface area (Å²) in [5, 5.41) is 6.67. The van der Waals surface area contributed by atoms with Crippen LogP contribution in [0.3, 0.4) is 0 Å². The maximum atomic E-state index is 11.6. The Hall–Kier alpha value is -4.33. The summed E-state index contributed by atoms with van der Waals surface area (Å²) in [6.45, 7) is 7.34. The quantitative estimate of drug-likeness (QED) is 0.443. The normalized spacial score (nSPS) is 10.5. The number of carbonyl (C=O) groups excluding carboxylic acids is 1. The van der Waals surface area contributed by atoms with E-state index in [0.29, 0.717) is 22.9 Å². The van der Waals surface area contributed by atoms with E-state index in [1.54, 1.807) is 18.5 Å². The first-order valence-electron chi connectivity index (χ1n) is 9.54. The molecule has 0 aliphatic rings. The number of hydrogen-bond acceptors (Lipinski definition) is 7. The number of hydrogen-bond donors (Lipinski definition) is 2. The molecule has 0 aliphatic heterocycles. The van der Waals surface area contributed by atoms with Crippen molar-refractivity contribution in [3.05, 3.63) is 79.0 Å². The predicted molar refractivity (Wildman–Crippen MR) is 120 cm³/mol. The minimum atomic E-state index is -0.340. The lowest BCUT2D eigenvalue weighted by Crippen LogP contribution is -2.09. The fourth-order valence-corrected chi connectivity index (χ4v) is 2.92. The van der Waals surface area contributed by atoms with Gasteiger partial charge in [0.2, 0.25) is 5.91 Å². The largest absolute Gasteiger partial charge is 0.455 e. The summed E-state index contributed by atoms with van der Waals surface area (Å²) in [5.74, 6) is 2.06. The number of carbonyl (C=O) groups is 1. The van der Waals surface area contributed by atoms with Crippen LogP contribution in [-0.2, 0) is 4.79 Å². The van der Waals surface area contributed by atoms with Crippen molar-refractivity contribution in [3.63, 3.8) is 0 Å².